The van der Waals surface area contributed by atoms with E-state index in [1.807, 2.05) is 0 Å². The molecule has 0 heterocycles. The first-order chi connectivity index (χ1) is 12.9. The molecule has 8 heteroatoms. The minimum absolute atomic E-state index is 0.0724. The highest BCUT2D eigenvalue weighted by molar-refractivity contribution is 7.86. The van der Waals surface area contributed by atoms with E-state index in [2.05, 4.69) is 10.6 Å². The molecular formula is C19H20N2O5S. The summed E-state index contributed by atoms with van der Waals surface area (Å²) in [5.41, 5.74) is 1.57. The molecular weight excluding hydrogens is 368 g/mol. The second kappa shape index (κ2) is 9.63. The largest absolute Gasteiger partial charge is 0.497 e. The van der Waals surface area contributed by atoms with Crippen LogP contribution in [0.1, 0.15) is 17.3 Å². The number of rotatable bonds is 8. The van der Waals surface area contributed by atoms with Crippen molar-refractivity contribution >= 4 is 39.8 Å². The van der Waals surface area contributed by atoms with Crippen LogP contribution in [0.5, 0.6) is 5.75 Å². The van der Waals surface area contributed by atoms with Crippen LogP contribution in [0.15, 0.2) is 48.5 Å². The minimum atomic E-state index is -1.65. The van der Waals surface area contributed by atoms with Gasteiger partial charge < -0.3 is 15.4 Å². The van der Waals surface area contributed by atoms with Crippen molar-refractivity contribution in [3.63, 3.8) is 0 Å². The van der Waals surface area contributed by atoms with Crippen LogP contribution in [0.4, 0.5) is 11.4 Å². The lowest BCUT2D eigenvalue weighted by molar-refractivity contribution is -0.114. The molecule has 0 bridgehead atoms. The van der Waals surface area contributed by atoms with E-state index in [0.29, 0.717) is 22.7 Å². The Bertz CT molecular complexity index is 847. The molecule has 0 saturated heterocycles. The smallest absolute Gasteiger partial charge is 0.237 e. The highest BCUT2D eigenvalue weighted by Crippen LogP contribution is 2.15. The van der Waals surface area contributed by atoms with Gasteiger partial charge in [-0.1, -0.05) is 0 Å². The zero-order valence-corrected chi connectivity index (χ0v) is 15.8. The molecule has 2 aromatic rings. The molecule has 2 amide bonds. The highest BCUT2D eigenvalue weighted by Gasteiger charge is 2.13. The van der Waals surface area contributed by atoms with E-state index >= 15 is 0 Å². The Labute approximate surface area is 159 Å². The predicted molar refractivity (Wildman–Crippen MR) is 105 cm³/mol. The number of benzene rings is 2. The molecule has 2 N–H and O–H groups in total. The van der Waals surface area contributed by atoms with Crippen LogP contribution < -0.4 is 15.4 Å². The third kappa shape index (κ3) is 6.67. The van der Waals surface area contributed by atoms with E-state index in [0.717, 1.165) is 0 Å². The van der Waals surface area contributed by atoms with Gasteiger partial charge in [-0.25, -0.2) is 0 Å². The van der Waals surface area contributed by atoms with Crippen molar-refractivity contribution in [2.45, 2.75) is 6.92 Å². The van der Waals surface area contributed by atoms with Crippen molar-refractivity contribution in [2.75, 3.05) is 29.2 Å². The maximum Gasteiger partial charge on any atom is 0.237 e. The number of amides is 2. The van der Waals surface area contributed by atoms with Gasteiger partial charge in [0, 0.05) is 27.7 Å². The van der Waals surface area contributed by atoms with Gasteiger partial charge in [0.2, 0.25) is 11.8 Å². The van der Waals surface area contributed by atoms with Crippen molar-refractivity contribution in [1.29, 1.82) is 0 Å². The second-order valence-electron chi connectivity index (χ2n) is 5.69. The standard InChI is InChI=1S/C19H20N2O5S/c1-13(22)14-3-5-15(6-4-14)20-18(23)11-27(25)12-19(24)21-16-7-9-17(26-2)10-8-16/h3-10H,11-12H2,1-2H3,(H,20,23)(H,21,24). The number of hydrogen-bond donors (Lipinski definition) is 2. The van der Waals surface area contributed by atoms with E-state index in [4.69, 9.17) is 4.74 Å². The van der Waals surface area contributed by atoms with Crippen molar-refractivity contribution in [2.24, 2.45) is 0 Å². The average Bonchev–Trinajstić information content (AvgIpc) is 2.62. The first-order valence-corrected chi connectivity index (χ1v) is 9.56. The van der Waals surface area contributed by atoms with Crippen molar-refractivity contribution in [3.05, 3.63) is 54.1 Å². The molecule has 7 nitrogen and oxygen atoms in total. The van der Waals surface area contributed by atoms with E-state index in [-0.39, 0.29) is 17.3 Å². The number of ether oxygens (including phenoxy) is 1. The van der Waals surface area contributed by atoms with Gasteiger partial charge in [0.05, 0.1) is 7.11 Å². The van der Waals surface area contributed by atoms with Gasteiger partial charge in [0.1, 0.15) is 17.3 Å². The van der Waals surface area contributed by atoms with Gasteiger partial charge in [-0.2, -0.15) is 0 Å². The number of nitrogens with one attached hydrogen (secondary N) is 2. The van der Waals surface area contributed by atoms with E-state index in [9.17, 15) is 18.6 Å². The van der Waals surface area contributed by atoms with Crippen molar-refractivity contribution in [3.8, 4) is 5.75 Å². The van der Waals surface area contributed by atoms with E-state index in [1.54, 1.807) is 55.6 Å². The summed E-state index contributed by atoms with van der Waals surface area (Å²) in [5.74, 6) is -0.924. The monoisotopic (exact) mass is 388 g/mol. The molecule has 0 radical (unpaired) electrons. The number of ketones is 1. The molecule has 2 aromatic carbocycles. The van der Waals surface area contributed by atoms with Gasteiger partial charge in [0.15, 0.2) is 5.78 Å². The third-order valence-electron chi connectivity index (χ3n) is 3.53. The Morgan fingerprint density at radius 1 is 0.852 bits per heavy atom. The van der Waals surface area contributed by atoms with Crippen LogP contribution >= 0.6 is 0 Å². The maximum absolute atomic E-state index is 12.0. The summed E-state index contributed by atoms with van der Waals surface area (Å²) in [6.45, 7) is 1.45. The second-order valence-corrected chi connectivity index (χ2v) is 7.14. The quantitative estimate of drug-likeness (QED) is 0.675. The Hall–Kier alpha value is -3.00. The fourth-order valence-corrected chi connectivity index (χ4v) is 3.03. The number of methoxy groups -OCH3 is 1. The van der Waals surface area contributed by atoms with Crippen LogP contribution in [0, 0.1) is 0 Å². The van der Waals surface area contributed by atoms with E-state index < -0.39 is 22.6 Å². The molecule has 0 aliphatic rings. The van der Waals surface area contributed by atoms with Gasteiger partial charge in [-0.3, -0.25) is 18.6 Å². The zero-order valence-electron chi connectivity index (χ0n) is 15.0. The van der Waals surface area contributed by atoms with Gasteiger partial charge >= 0.3 is 0 Å². The van der Waals surface area contributed by atoms with Crippen LogP contribution in [-0.4, -0.2) is 40.4 Å². The molecule has 0 aliphatic heterocycles. The molecule has 142 valence electrons. The van der Waals surface area contributed by atoms with Crippen molar-refractivity contribution in [1.82, 2.24) is 0 Å². The number of carbonyl (C=O) groups excluding carboxylic acids is 3. The first-order valence-electron chi connectivity index (χ1n) is 8.07. The molecule has 27 heavy (non-hydrogen) atoms. The van der Waals surface area contributed by atoms with Gasteiger partial charge in [0.25, 0.3) is 0 Å². The maximum atomic E-state index is 12.0. The molecule has 0 fully saturated rings. The normalized spacial score (nSPS) is 11.3. The number of anilines is 2. The summed E-state index contributed by atoms with van der Waals surface area (Å²) < 4.78 is 17.0. The summed E-state index contributed by atoms with van der Waals surface area (Å²) in [7, 11) is -0.107. The summed E-state index contributed by atoms with van der Waals surface area (Å²) in [4.78, 5) is 35.1. The zero-order chi connectivity index (χ0) is 19.8. The molecule has 1 unspecified atom stereocenters. The minimum Gasteiger partial charge on any atom is -0.497 e. The lowest BCUT2D eigenvalue weighted by Crippen LogP contribution is -2.26. The summed E-state index contributed by atoms with van der Waals surface area (Å²) in [6.07, 6.45) is 0. The van der Waals surface area contributed by atoms with Crippen molar-refractivity contribution < 1.29 is 23.3 Å². The third-order valence-corrected chi connectivity index (χ3v) is 4.70. The number of Topliss-reactive ketones (excluding diaryl/α,β-unsaturated/α-hetero) is 1. The Morgan fingerprint density at radius 3 is 1.70 bits per heavy atom. The Morgan fingerprint density at radius 2 is 1.30 bits per heavy atom. The van der Waals surface area contributed by atoms with Gasteiger partial charge in [-0.05, 0) is 55.5 Å². The molecule has 1 atom stereocenters. The summed E-state index contributed by atoms with van der Waals surface area (Å²) in [5, 5.41) is 5.20. The first kappa shape index (κ1) is 20.3. The Kier molecular flexibility index (Phi) is 7.25. The van der Waals surface area contributed by atoms with Crippen LogP contribution in [0.25, 0.3) is 0 Å². The molecule has 0 spiro atoms. The SMILES string of the molecule is COc1ccc(NC(=O)CS(=O)CC(=O)Nc2ccc(C(C)=O)cc2)cc1. The molecule has 2 rings (SSSR count). The fourth-order valence-electron chi connectivity index (χ4n) is 2.20. The van der Waals surface area contributed by atoms with Crippen LogP contribution in [0.3, 0.4) is 0 Å². The van der Waals surface area contributed by atoms with Crippen LogP contribution in [0.2, 0.25) is 0 Å². The van der Waals surface area contributed by atoms with Gasteiger partial charge in [-0.15, -0.1) is 0 Å². The average molecular weight is 388 g/mol. The van der Waals surface area contributed by atoms with E-state index in [1.165, 1.54) is 6.92 Å². The highest BCUT2D eigenvalue weighted by atomic mass is 32.2. The Balaban J connectivity index is 1.80. The molecule has 0 aliphatic carbocycles. The summed E-state index contributed by atoms with van der Waals surface area (Å²) >= 11 is 0. The molecule has 0 saturated carbocycles. The van der Waals surface area contributed by atoms with Crippen LogP contribution in [-0.2, 0) is 20.4 Å². The number of hydrogen-bond acceptors (Lipinski definition) is 5. The topological polar surface area (TPSA) is 102 Å². The fraction of sp³-hybridized carbons (Fsp3) is 0.211. The molecule has 0 aromatic heterocycles. The predicted octanol–water partition coefficient (Wildman–Crippen LogP) is 2.22. The lowest BCUT2D eigenvalue weighted by Gasteiger charge is -2.07. The number of carbonyl (C=O) groups is 3. The lowest BCUT2D eigenvalue weighted by atomic mass is 10.1. The summed E-state index contributed by atoms with van der Waals surface area (Å²) in [6, 6.07) is 13.1.